The lowest BCUT2D eigenvalue weighted by molar-refractivity contribution is -0.121. The van der Waals surface area contributed by atoms with Crippen LogP contribution in [0, 0.1) is 39.4 Å². The molecule has 3 N–H and O–H groups in total. The van der Waals surface area contributed by atoms with Gasteiger partial charge in [0.15, 0.2) is 0 Å². The first-order valence-electron chi connectivity index (χ1n) is 9.49. The fraction of sp³-hybridized carbons (Fsp3) is 0.364. The summed E-state index contributed by atoms with van der Waals surface area (Å²) < 4.78 is 0. The number of anilines is 1. The van der Waals surface area contributed by atoms with Crippen molar-refractivity contribution in [1.29, 1.82) is 15.8 Å². The average Bonchev–Trinajstić information content (AvgIpc) is 3.02. The van der Waals surface area contributed by atoms with Gasteiger partial charge in [0.2, 0.25) is 11.3 Å². The van der Waals surface area contributed by atoms with Gasteiger partial charge in [0, 0.05) is 24.8 Å². The summed E-state index contributed by atoms with van der Waals surface area (Å²) in [6.45, 7) is 5.21. The number of para-hydroxylation sites is 1. The van der Waals surface area contributed by atoms with Crippen molar-refractivity contribution in [3.63, 3.8) is 0 Å². The molecule has 0 unspecified atom stereocenters. The van der Waals surface area contributed by atoms with Crippen LogP contribution in [0.5, 0.6) is 0 Å². The highest BCUT2D eigenvalue weighted by Crippen LogP contribution is 2.60. The van der Waals surface area contributed by atoms with Crippen LogP contribution in [0.3, 0.4) is 0 Å². The highest BCUT2D eigenvalue weighted by atomic mass is 16.2. The van der Waals surface area contributed by atoms with Gasteiger partial charge < -0.3 is 11.1 Å². The second kappa shape index (κ2) is 6.21. The molecular formula is C22H20N6O. The first-order chi connectivity index (χ1) is 13.9. The molecule has 0 saturated carbocycles. The van der Waals surface area contributed by atoms with E-state index >= 15 is 0 Å². The monoisotopic (exact) mass is 384 g/mol. The second-order valence-corrected chi connectivity index (χ2v) is 7.90. The Balaban J connectivity index is 2.16. The first-order valence-corrected chi connectivity index (χ1v) is 9.49. The lowest BCUT2D eigenvalue weighted by Crippen LogP contribution is -2.59. The number of rotatable bonds is 1. The van der Waals surface area contributed by atoms with Crippen molar-refractivity contribution >= 4 is 11.6 Å². The highest BCUT2D eigenvalue weighted by Gasteiger charge is 2.69. The zero-order valence-electron chi connectivity index (χ0n) is 16.3. The summed E-state index contributed by atoms with van der Waals surface area (Å²) in [4.78, 5) is 15.8. The molecule has 0 saturated heterocycles. The Labute approximate surface area is 169 Å². The van der Waals surface area contributed by atoms with Crippen molar-refractivity contribution in [2.75, 3.05) is 18.4 Å². The summed E-state index contributed by atoms with van der Waals surface area (Å²) in [5.41, 5.74) is 5.24. The van der Waals surface area contributed by atoms with Crippen LogP contribution in [-0.2, 0) is 10.2 Å². The van der Waals surface area contributed by atoms with Crippen LogP contribution in [0.15, 0.2) is 46.7 Å². The van der Waals surface area contributed by atoms with Gasteiger partial charge in [0.05, 0.1) is 23.4 Å². The van der Waals surface area contributed by atoms with E-state index in [9.17, 15) is 20.6 Å². The topological polar surface area (TPSA) is 130 Å². The maximum absolute atomic E-state index is 13.6. The van der Waals surface area contributed by atoms with Crippen LogP contribution in [-0.4, -0.2) is 29.9 Å². The number of carbonyl (C=O) groups is 1. The van der Waals surface area contributed by atoms with E-state index in [0.29, 0.717) is 41.9 Å². The maximum Gasteiger partial charge on any atom is 0.242 e. The van der Waals surface area contributed by atoms with Crippen LogP contribution in [0.1, 0.15) is 25.8 Å². The van der Waals surface area contributed by atoms with Gasteiger partial charge in [-0.15, -0.1) is 0 Å². The standard InChI is InChI=1S/C22H20N6O/c1-13(2)28-8-7-14-15(9-23)19(26)21(11-24,12-25)22(17(14)10-28)16-5-3-4-6-18(16)27-20(22)29/h3-6,13H,7-8,10,26H2,1-2H3,(H,27,29)/t22-/m1/s1. The van der Waals surface area contributed by atoms with Gasteiger partial charge in [-0.05, 0) is 43.0 Å². The predicted octanol–water partition coefficient (Wildman–Crippen LogP) is 2.07. The van der Waals surface area contributed by atoms with Crippen LogP contribution < -0.4 is 11.1 Å². The van der Waals surface area contributed by atoms with E-state index in [1.54, 1.807) is 24.3 Å². The smallest absolute Gasteiger partial charge is 0.242 e. The number of allylic oxidation sites excluding steroid dienone is 2. The Bertz CT molecular complexity index is 1110. The Morgan fingerprint density at radius 3 is 2.52 bits per heavy atom. The molecule has 7 heteroatoms. The highest BCUT2D eigenvalue weighted by molar-refractivity contribution is 6.11. The van der Waals surface area contributed by atoms with Crippen molar-refractivity contribution in [3.8, 4) is 18.2 Å². The van der Waals surface area contributed by atoms with Crippen molar-refractivity contribution in [1.82, 2.24) is 4.90 Å². The molecule has 144 valence electrons. The Kier molecular flexibility index (Phi) is 4.01. The van der Waals surface area contributed by atoms with Crippen molar-refractivity contribution in [3.05, 3.63) is 52.2 Å². The Morgan fingerprint density at radius 1 is 1.21 bits per heavy atom. The van der Waals surface area contributed by atoms with Crippen molar-refractivity contribution < 1.29 is 4.79 Å². The molecule has 1 amide bonds. The van der Waals surface area contributed by atoms with E-state index in [0.717, 1.165) is 0 Å². The molecular weight excluding hydrogens is 364 g/mol. The molecule has 2 heterocycles. The molecule has 0 aromatic heterocycles. The van der Waals surface area contributed by atoms with E-state index in [-0.39, 0.29) is 17.3 Å². The quantitative estimate of drug-likeness (QED) is 0.762. The average molecular weight is 384 g/mol. The van der Waals surface area contributed by atoms with Crippen LogP contribution in [0.25, 0.3) is 0 Å². The minimum atomic E-state index is -2.01. The zero-order valence-corrected chi connectivity index (χ0v) is 16.3. The maximum atomic E-state index is 13.6. The van der Waals surface area contributed by atoms with E-state index in [1.165, 1.54) is 0 Å². The fourth-order valence-corrected chi connectivity index (χ4v) is 4.99. The predicted molar refractivity (Wildman–Crippen MR) is 106 cm³/mol. The molecule has 0 fully saturated rings. The molecule has 2 aliphatic heterocycles. The number of nitrogens with one attached hydrogen (secondary N) is 1. The van der Waals surface area contributed by atoms with Gasteiger partial charge >= 0.3 is 0 Å². The Morgan fingerprint density at radius 2 is 1.90 bits per heavy atom. The summed E-state index contributed by atoms with van der Waals surface area (Å²) in [5, 5.41) is 33.2. The van der Waals surface area contributed by atoms with Crippen molar-refractivity contribution in [2.45, 2.75) is 31.7 Å². The number of fused-ring (bicyclic) bond motifs is 3. The molecule has 0 radical (unpaired) electrons. The largest absolute Gasteiger partial charge is 0.399 e. The summed E-state index contributed by atoms with van der Waals surface area (Å²) in [6, 6.07) is 13.5. The molecule has 0 bridgehead atoms. The molecule has 7 nitrogen and oxygen atoms in total. The van der Waals surface area contributed by atoms with E-state index in [1.807, 2.05) is 0 Å². The third-order valence-corrected chi connectivity index (χ3v) is 6.46. The van der Waals surface area contributed by atoms with E-state index in [4.69, 9.17) is 5.73 Å². The zero-order chi connectivity index (χ0) is 21.0. The van der Waals surface area contributed by atoms with Gasteiger partial charge in [-0.3, -0.25) is 9.69 Å². The van der Waals surface area contributed by atoms with Crippen LogP contribution in [0.2, 0.25) is 0 Å². The number of amides is 1. The van der Waals surface area contributed by atoms with Crippen molar-refractivity contribution in [2.24, 2.45) is 11.1 Å². The Hall–Kier alpha value is -3.60. The summed E-state index contributed by atoms with van der Waals surface area (Å²) >= 11 is 0. The number of hydrogen-bond acceptors (Lipinski definition) is 6. The third kappa shape index (κ3) is 2.04. The van der Waals surface area contributed by atoms with Gasteiger partial charge in [-0.25, -0.2) is 0 Å². The van der Waals surface area contributed by atoms with E-state index < -0.39 is 16.7 Å². The lowest BCUT2D eigenvalue weighted by Gasteiger charge is -2.48. The third-order valence-electron chi connectivity index (χ3n) is 6.46. The number of hydrogen-bond donors (Lipinski definition) is 2. The van der Waals surface area contributed by atoms with Crippen LogP contribution >= 0.6 is 0 Å². The number of nitrogens with zero attached hydrogens (tertiary/aromatic N) is 4. The molecule has 1 aromatic rings. The van der Waals surface area contributed by atoms with Gasteiger partial charge in [-0.2, -0.15) is 15.8 Å². The van der Waals surface area contributed by atoms with E-state index in [2.05, 4.69) is 42.3 Å². The minimum Gasteiger partial charge on any atom is -0.399 e. The first kappa shape index (κ1) is 18.7. The number of carbonyl (C=O) groups excluding carboxylic acids is 1. The van der Waals surface area contributed by atoms with Gasteiger partial charge in [0.25, 0.3) is 0 Å². The number of nitrogens with two attached hydrogens (primary N) is 1. The van der Waals surface area contributed by atoms with Gasteiger partial charge in [0.1, 0.15) is 11.5 Å². The summed E-state index contributed by atoms with van der Waals surface area (Å²) in [6.07, 6.45) is 0.529. The number of benzene rings is 1. The van der Waals surface area contributed by atoms with Crippen LogP contribution in [0.4, 0.5) is 5.69 Å². The summed E-state index contributed by atoms with van der Waals surface area (Å²) in [5.74, 6) is -0.445. The van der Waals surface area contributed by atoms with Gasteiger partial charge in [-0.1, -0.05) is 18.2 Å². The fourth-order valence-electron chi connectivity index (χ4n) is 4.99. The molecule has 1 spiro atoms. The second-order valence-electron chi connectivity index (χ2n) is 7.90. The number of nitriles is 3. The molecule has 3 aliphatic rings. The molecule has 1 aliphatic carbocycles. The SMILES string of the molecule is CC(C)N1CCC2=C(C1)[C@]1(C(=O)Nc3ccccc31)C(C#N)(C#N)C(N)=C2C#N. The minimum absolute atomic E-state index is 0.131. The molecule has 4 rings (SSSR count). The lowest BCUT2D eigenvalue weighted by atomic mass is 9.51. The molecule has 1 aromatic carbocycles. The normalized spacial score (nSPS) is 25.2. The molecule has 1 atom stereocenters. The summed E-state index contributed by atoms with van der Waals surface area (Å²) in [7, 11) is 0. The molecule has 29 heavy (non-hydrogen) atoms.